The van der Waals surface area contributed by atoms with Crippen LogP contribution in [0.5, 0.6) is 0 Å². The molecule has 5 heteroatoms. The molecule has 0 aliphatic heterocycles. The Labute approximate surface area is 94.5 Å². The van der Waals surface area contributed by atoms with E-state index in [2.05, 4.69) is 42.7 Å². The van der Waals surface area contributed by atoms with Gasteiger partial charge in [-0.2, -0.15) is 4.37 Å². The van der Waals surface area contributed by atoms with Crippen LogP contribution in [0.4, 0.5) is 5.13 Å². The van der Waals surface area contributed by atoms with Crippen molar-refractivity contribution in [2.45, 2.75) is 6.54 Å². The van der Waals surface area contributed by atoms with Crippen LogP contribution in [0.25, 0.3) is 0 Å². The minimum Gasteiger partial charge on any atom is -0.356 e. The van der Waals surface area contributed by atoms with Crippen molar-refractivity contribution in [3.05, 3.63) is 40.6 Å². The highest BCUT2D eigenvalue weighted by Gasteiger charge is 1.96. The molecule has 1 aromatic heterocycles. The number of benzene rings is 1. The van der Waals surface area contributed by atoms with Crippen molar-refractivity contribution in [1.82, 2.24) is 9.36 Å². The van der Waals surface area contributed by atoms with Gasteiger partial charge in [-0.3, -0.25) is 0 Å². The van der Waals surface area contributed by atoms with Crippen molar-refractivity contribution >= 4 is 32.6 Å². The number of nitrogens with zero attached hydrogens (tertiary/aromatic N) is 2. The molecule has 0 radical (unpaired) electrons. The molecule has 0 atom stereocenters. The average Bonchev–Trinajstić information content (AvgIpc) is 2.70. The summed E-state index contributed by atoms with van der Waals surface area (Å²) in [6.07, 6.45) is 1.55. The molecule has 0 fully saturated rings. The maximum atomic E-state index is 4.04. The molecule has 0 bridgehead atoms. The predicted octanol–water partition coefficient (Wildman–Crippen LogP) is 2.91. The second-order valence-corrected chi connectivity index (χ2v) is 4.42. The first-order valence-electron chi connectivity index (χ1n) is 4.09. The van der Waals surface area contributed by atoms with Crippen LogP contribution in [0.3, 0.4) is 0 Å². The van der Waals surface area contributed by atoms with E-state index >= 15 is 0 Å². The third-order valence-corrected chi connectivity index (χ3v) is 2.87. The monoisotopic (exact) mass is 269 g/mol. The topological polar surface area (TPSA) is 37.8 Å². The fraction of sp³-hybridized carbons (Fsp3) is 0.111. The van der Waals surface area contributed by atoms with Gasteiger partial charge in [0.05, 0.1) is 0 Å². The van der Waals surface area contributed by atoms with Crippen molar-refractivity contribution in [3.63, 3.8) is 0 Å². The Morgan fingerprint density at radius 2 is 2.07 bits per heavy atom. The maximum absolute atomic E-state index is 4.04. The Balaban J connectivity index is 1.95. The Hall–Kier alpha value is -0.940. The van der Waals surface area contributed by atoms with Gasteiger partial charge in [0.25, 0.3) is 0 Å². The first-order chi connectivity index (χ1) is 6.84. The first-order valence-corrected chi connectivity index (χ1v) is 5.66. The largest absolute Gasteiger partial charge is 0.356 e. The lowest BCUT2D eigenvalue weighted by Gasteiger charge is -2.01. The number of hydrogen-bond acceptors (Lipinski definition) is 4. The third kappa shape index (κ3) is 2.52. The Kier molecular flexibility index (Phi) is 3.10. The van der Waals surface area contributed by atoms with E-state index in [0.29, 0.717) is 0 Å². The van der Waals surface area contributed by atoms with Gasteiger partial charge in [0.2, 0.25) is 5.13 Å². The average molecular weight is 270 g/mol. The van der Waals surface area contributed by atoms with E-state index in [-0.39, 0.29) is 0 Å². The van der Waals surface area contributed by atoms with Gasteiger partial charge in [0.1, 0.15) is 6.33 Å². The molecular formula is C9H8BrN3S. The van der Waals surface area contributed by atoms with E-state index in [4.69, 9.17) is 0 Å². The van der Waals surface area contributed by atoms with Crippen molar-refractivity contribution in [1.29, 1.82) is 0 Å². The fourth-order valence-corrected chi connectivity index (χ4v) is 1.72. The molecule has 1 aromatic carbocycles. The summed E-state index contributed by atoms with van der Waals surface area (Å²) in [4.78, 5) is 4.04. The summed E-state index contributed by atoms with van der Waals surface area (Å²) in [7, 11) is 0. The van der Waals surface area contributed by atoms with Crippen molar-refractivity contribution in [2.75, 3.05) is 5.32 Å². The predicted molar refractivity (Wildman–Crippen MR) is 61.4 cm³/mol. The Bertz CT molecular complexity index is 385. The van der Waals surface area contributed by atoms with E-state index in [1.165, 1.54) is 17.1 Å². The van der Waals surface area contributed by atoms with Crippen LogP contribution in [0.15, 0.2) is 35.1 Å². The number of rotatable bonds is 3. The molecule has 1 heterocycles. The SMILES string of the molecule is Brc1ccc(CNc2ncns2)cc1. The summed E-state index contributed by atoms with van der Waals surface area (Å²) < 4.78 is 5.00. The molecule has 0 aliphatic rings. The molecule has 0 spiro atoms. The van der Waals surface area contributed by atoms with Gasteiger partial charge < -0.3 is 5.32 Å². The molecule has 14 heavy (non-hydrogen) atoms. The van der Waals surface area contributed by atoms with Crippen LogP contribution in [0.1, 0.15) is 5.56 Å². The van der Waals surface area contributed by atoms with E-state index < -0.39 is 0 Å². The highest BCUT2D eigenvalue weighted by molar-refractivity contribution is 9.10. The number of anilines is 1. The summed E-state index contributed by atoms with van der Waals surface area (Å²) in [6, 6.07) is 8.18. The molecule has 3 nitrogen and oxygen atoms in total. The summed E-state index contributed by atoms with van der Waals surface area (Å²) >= 11 is 4.76. The summed E-state index contributed by atoms with van der Waals surface area (Å²) in [5.41, 5.74) is 1.23. The van der Waals surface area contributed by atoms with E-state index in [1.54, 1.807) is 6.33 Å². The lowest BCUT2D eigenvalue weighted by Crippen LogP contribution is -1.98. The van der Waals surface area contributed by atoms with E-state index in [0.717, 1.165) is 16.1 Å². The molecule has 72 valence electrons. The molecule has 2 rings (SSSR count). The third-order valence-electron chi connectivity index (χ3n) is 1.72. The normalized spacial score (nSPS) is 10.1. The molecule has 1 N–H and O–H groups in total. The van der Waals surface area contributed by atoms with Crippen LogP contribution < -0.4 is 5.32 Å². The van der Waals surface area contributed by atoms with Crippen LogP contribution in [-0.2, 0) is 6.54 Å². The van der Waals surface area contributed by atoms with Crippen molar-refractivity contribution in [2.24, 2.45) is 0 Å². The van der Waals surface area contributed by atoms with Gasteiger partial charge in [-0.05, 0) is 17.7 Å². The molecular weight excluding hydrogens is 262 g/mol. The van der Waals surface area contributed by atoms with Gasteiger partial charge in [0, 0.05) is 22.5 Å². The standard InChI is InChI=1S/C9H8BrN3S/c10-8-3-1-7(2-4-8)5-11-9-12-6-13-14-9/h1-4,6H,5H2,(H,11,12,13). The minimum atomic E-state index is 0.780. The smallest absolute Gasteiger partial charge is 0.202 e. The maximum Gasteiger partial charge on any atom is 0.202 e. The summed E-state index contributed by atoms with van der Waals surface area (Å²) in [5.74, 6) is 0. The van der Waals surface area contributed by atoms with Gasteiger partial charge in [-0.1, -0.05) is 28.1 Å². The molecule has 0 amide bonds. The van der Waals surface area contributed by atoms with Crippen LogP contribution in [-0.4, -0.2) is 9.36 Å². The highest BCUT2D eigenvalue weighted by Crippen LogP contribution is 2.12. The van der Waals surface area contributed by atoms with Crippen LogP contribution >= 0.6 is 27.5 Å². The highest BCUT2D eigenvalue weighted by atomic mass is 79.9. The summed E-state index contributed by atoms with van der Waals surface area (Å²) in [6.45, 7) is 0.780. The first kappa shape index (κ1) is 9.61. The lowest BCUT2D eigenvalue weighted by molar-refractivity contribution is 1.13. The second-order valence-electron chi connectivity index (χ2n) is 2.73. The zero-order chi connectivity index (χ0) is 9.80. The quantitative estimate of drug-likeness (QED) is 0.931. The van der Waals surface area contributed by atoms with Gasteiger partial charge in [-0.15, -0.1) is 0 Å². The lowest BCUT2D eigenvalue weighted by atomic mass is 10.2. The van der Waals surface area contributed by atoms with Crippen molar-refractivity contribution in [3.8, 4) is 0 Å². The number of hydrogen-bond donors (Lipinski definition) is 1. The zero-order valence-electron chi connectivity index (χ0n) is 7.27. The van der Waals surface area contributed by atoms with Crippen LogP contribution in [0.2, 0.25) is 0 Å². The minimum absolute atomic E-state index is 0.780. The van der Waals surface area contributed by atoms with Crippen molar-refractivity contribution < 1.29 is 0 Å². The van der Waals surface area contributed by atoms with Gasteiger partial charge >= 0.3 is 0 Å². The van der Waals surface area contributed by atoms with Crippen LogP contribution in [0, 0.1) is 0 Å². The molecule has 0 unspecified atom stereocenters. The molecule has 0 saturated carbocycles. The molecule has 2 aromatic rings. The Morgan fingerprint density at radius 1 is 1.29 bits per heavy atom. The Morgan fingerprint density at radius 3 is 2.71 bits per heavy atom. The van der Waals surface area contributed by atoms with E-state index in [9.17, 15) is 0 Å². The summed E-state index contributed by atoms with van der Waals surface area (Å²) in [5, 5.41) is 4.04. The second kappa shape index (κ2) is 4.52. The van der Waals surface area contributed by atoms with E-state index in [1.807, 2.05) is 12.1 Å². The fourth-order valence-electron chi connectivity index (χ4n) is 1.03. The molecule has 0 saturated heterocycles. The number of halogens is 1. The van der Waals surface area contributed by atoms with Gasteiger partial charge in [0.15, 0.2) is 0 Å². The number of aromatic nitrogens is 2. The number of nitrogens with one attached hydrogen (secondary N) is 1. The zero-order valence-corrected chi connectivity index (χ0v) is 9.68. The molecule has 0 aliphatic carbocycles. The van der Waals surface area contributed by atoms with Gasteiger partial charge in [-0.25, -0.2) is 4.98 Å².